The van der Waals surface area contributed by atoms with E-state index in [4.69, 9.17) is 4.74 Å². The van der Waals surface area contributed by atoms with Crippen LogP contribution in [0, 0.1) is 5.92 Å². The molecule has 1 heterocycles. The summed E-state index contributed by atoms with van der Waals surface area (Å²) in [4.78, 5) is 0.392. The van der Waals surface area contributed by atoms with Gasteiger partial charge >= 0.3 is 0 Å². The van der Waals surface area contributed by atoms with Crippen LogP contribution in [0.3, 0.4) is 0 Å². The van der Waals surface area contributed by atoms with Gasteiger partial charge in [-0.25, -0.2) is 8.42 Å². The molecule has 0 bridgehead atoms. The minimum atomic E-state index is -3.36. The Kier molecular flexibility index (Phi) is 7.02. The van der Waals surface area contributed by atoms with Crippen LogP contribution in [0.2, 0.25) is 0 Å². The number of sulfonamides is 1. The first-order valence-electron chi connectivity index (χ1n) is 8.36. The number of nitrogens with one attached hydrogen (secondary N) is 1. The van der Waals surface area contributed by atoms with Crippen molar-refractivity contribution in [3.63, 3.8) is 0 Å². The van der Waals surface area contributed by atoms with Crippen LogP contribution < -0.4 is 5.32 Å². The number of hydrogen-bond donors (Lipinski definition) is 1. The van der Waals surface area contributed by atoms with E-state index in [9.17, 15) is 8.42 Å². The molecule has 0 aromatic heterocycles. The number of hydrogen-bond acceptors (Lipinski definition) is 4. The molecule has 1 aromatic rings. The maximum atomic E-state index is 12.7. The van der Waals surface area contributed by atoms with E-state index < -0.39 is 10.0 Å². The fraction of sp³-hybridized carbons (Fsp3) is 0.647. The summed E-state index contributed by atoms with van der Waals surface area (Å²) in [7, 11) is -1.70. The van der Waals surface area contributed by atoms with Crippen molar-refractivity contribution in [3.8, 4) is 0 Å². The summed E-state index contributed by atoms with van der Waals surface area (Å²) in [6, 6.07) is 7.18. The third-order valence-electron chi connectivity index (χ3n) is 4.41. The Morgan fingerprint density at radius 1 is 1.22 bits per heavy atom. The summed E-state index contributed by atoms with van der Waals surface area (Å²) in [5.41, 5.74) is 1.09. The minimum absolute atomic E-state index is 0.392. The molecule has 1 aliphatic heterocycles. The van der Waals surface area contributed by atoms with E-state index in [1.54, 1.807) is 23.5 Å². The monoisotopic (exact) mass is 340 g/mol. The van der Waals surface area contributed by atoms with Gasteiger partial charge in [0, 0.05) is 20.2 Å². The second-order valence-corrected chi connectivity index (χ2v) is 7.98. The van der Waals surface area contributed by atoms with Gasteiger partial charge in [0.1, 0.15) is 0 Å². The Hall–Kier alpha value is -0.950. The lowest BCUT2D eigenvalue weighted by atomic mass is 9.98. The average Bonchev–Trinajstić information content (AvgIpc) is 2.59. The van der Waals surface area contributed by atoms with E-state index in [0.717, 1.165) is 37.9 Å². The van der Waals surface area contributed by atoms with Crippen LogP contribution in [0.25, 0.3) is 0 Å². The second-order valence-electron chi connectivity index (χ2n) is 6.04. The first-order valence-corrected chi connectivity index (χ1v) is 9.80. The molecule has 130 valence electrons. The van der Waals surface area contributed by atoms with E-state index in [1.807, 2.05) is 12.1 Å². The Balaban J connectivity index is 1.96. The van der Waals surface area contributed by atoms with E-state index in [1.165, 1.54) is 0 Å². The molecule has 23 heavy (non-hydrogen) atoms. The number of benzene rings is 1. The Morgan fingerprint density at radius 2 is 1.87 bits per heavy atom. The van der Waals surface area contributed by atoms with Gasteiger partial charge < -0.3 is 10.1 Å². The summed E-state index contributed by atoms with van der Waals surface area (Å²) in [6.45, 7) is 5.92. The van der Waals surface area contributed by atoms with Crippen LogP contribution in [0.4, 0.5) is 0 Å². The van der Waals surface area contributed by atoms with Crippen molar-refractivity contribution in [2.75, 3.05) is 39.9 Å². The first-order chi connectivity index (χ1) is 11.1. The van der Waals surface area contributed by atoms with Gasteiger partial charge in [-0.2, -0.15) is 4.31 Å². The molecule has 1 aliphatic rings. The van der Waals surface area contributed by atoms with Crippen molar-refractivity contribution in [2.45, 2.75) is 31.1 Å². The number of rotatable bonds is 8. The Bertz CT molecular complexity index is 564. The maximum Gasteiger partial charge on any atom is 0.243 e. The van der Waals surface area contributed by atoms with Gasteiger partial charge in [0.05, 0.1) is 11.5 Å². The van der Waals surface area contributed by atoms with E-state index >= 15 is 0 Å². The van der Waals surface area contributed by atoms with Gasteiger partial charge in [0.2, 0.25) is 10.0 Å². The van der Waals surface area contributed by atoms with Crippen LogP contribution in [-0.4, -0.2) is 52.6 Å². The summed E-state index contributed by atoms with van der Waals surface area (Å²) >= 11 is 0. The van der Waals surface area contributed by atoms with Crippen LogP contribution >= 0.6 is 0 Å². The molecule has 5 nitrogen and oxygen atoms in total. The fourth-order valence-electron chi connectivity index (χ4n) is 2.90. The van der Waals surface area contributed by atoms with E-state index in [2.05, 4.69) is 12.2 Å². The van der Waals surface area contributed by atoms with Gasteiger partial charge in [-0.15, -0.1) is 0 Å². The molecule has 0 aliphatic carbocycles. The molecular formula is C17H28N2O3S. The SMILES string of the molecule is CCNCC1CCN(S(=O)(=O)c2ccc(CCOC)cc2)CC1. The van der Waals surface area contributed by atoms with Crippen molar-refractivity contribution < 1.29 is 13.2 Å². The van der Waals surface area contributed by atoms with Crippen molar-refractivity contribution in [1.82, 2.24) is 9.62 Å². The molecule has 1 fully saturated rings. The van der Waals surface area contributed by atoms with Gasteiger partial charge in [-0.3, -0.25) is 0 Å². The van der Waals surface area contributed by atoms with Crippen LogP contribution in [-0.2, 0) is 21.2 Å². The van der Waals surface area contributed by atoms with Crippen LogP contribution in [0.15, 0.2) is 29.2 Å². The quantitative estimate of drug-likeness (QED) is 0.785. The van der Waals surface area contributed by atoms with Gasteiger partial charge in [-0.1, -0.05) is 19.1 Å². The predicted molar refractivity (Wildman–Crippen MR) is 92.0 cm³/mol. The molecule has 0 saturated carbocycles. The lowest BCUT2D eigenvalue weighted by Crippen LogP contribution is -2.40. The number of nitrogens with zero attached hydrogens (tertiary/aromatic N) is 1. The summed E-state index contributed by atoms with van der Waals surface area (Å²) in [5.74, 6) is 0.581. The molecule has 0 unspecified atom stereocenters. The molecule has 1 N–H and O–H groups in total. The summed E-state index contributed by atoms with van der Waals surface area (Å²) < 4.78 is 32.1. The largest absolute Gasteiger partial charge is 0.384 e. The standard InChI is InChI=1S/C17H28N2O3S/c1-3-18-14-16-8-11-19(12-9-16)23(20,21)17-6-4-15(5-7-17)10-13-22-2/h4-7,16,18H,3,8-14H2,1-2H3. The van der Waals surface area contributed by atoms with E-state index in [0.29, 0.717) is 30.5 Å². The Morgan fingerprint density at radius 3 is 2.43 bits per heavy atom. The number of ether oxygens (including phenoxy) is 1. The van der Waals surface area contributed by atoms with Crippen LogP contribution in [0.1, 0.15) is 25.3 Å². The molecule has 0 atom stereocenters. The molecule has 0 amide bonds. The van der Waals surface area contributed by atoms with Gasteiger partial charge in [0.15, 0.2) is 0 Å². The minimum Gasteiger partial charge on any atom is -0.384 e. The second kappa shape index (κ2) is 8.78. The fourth-order valence-corrected chi connectivity index (χ4v) is 4.37. The first kappa shape index (κ1) is 18.4. The zero-order valence-corrected chi connectivity index (χ0v) is 14.9. The van der Waals surface area contributed by atoms with Gasteiger partial charge in [-0.05, 0) is 56.0 Å². The molecule has 1 aromatic carbocycles. The highest BCUT2D eigenvalue weighted by Gasteiger charge is 2.29. The molecule has 1 saturated heterocycles. The molecule has 0 radical (unpaired) electrons. The lowest BCUT2D eigenvalue weighted by molar-refractivity contribution is 0.202. The molecule has 0 spiro atoms. The lowest BCUT2D eigenvalue weighted by Gasteiger charge is -2.31. The van der Waals surface area contributed by atoms with Crippen LogP contribution in [0.5, 0.6) is 0 Å². The third-order valence-corrected chi connectivity index (χ3v) is 6.33. The maximum absolute atomic E-state index is 12.7. The summed E-state index contributed by atoms with van der Waals surface area (Å²) in [6.07, 6.45) is 2.66. The number of methoxy groups -OCH3 is 1. The highest BCUT2D eigenvalue weighted by molar-refractivity contribution is 7.89. The predicted octanol–water partition coefficient (Wildman–Crippen LogP) is 1.89. The van der Waals surface area contributed by atoms with Crippen molar-refractivity contribution in [1.29, 1.82) is 0 Å². The highest BCUT2D eigenvalue weighted by Crippen LogP contribution is 2.23. The summed E-state index contributed by atoms with van der Waals surface area (Å²) in [5, 5.41) is 3.35. The zero-order chi connectivity index (χ0) is 16.7. The number of piperidine rings is 1. The topological polar surface area (TPSA) is 58.6 Å². The average molecular weight is 340 g/mol. The van der Waals surface area contributed by atoms with E-state index in [-0.39, 0.29) is 0 Å². The van der Waals surface area contributed by atoms with Crippen molar-refractivity contribution in [2.24, 2.45) is 5.92 Å². The van der Waals surface area contributed by atoms with Crippen molar-refractivity contribution >= 4 is 10.0 Å². The van der Waals surface area contributed by atoms with Crippen molar-refractivity contribution in [3.05, 3.63) is 29.8 Å². The molecular weight excluding hydrogens is 312 g/mol. The normalized spacial score (nSPS) is 17.5. The molecule has 6 heteroatoms. The Labute approximate surface area is 140 Å². The zero-order valence-electron chi connectivity index (χ0n) is 14.1. The van der Waals surface area contributed by atoms with Gasteiger partial charge in [0.25, 0.3) is 0 Å². The highest BCUT2D eigenvalue weighted by atomic mass is 32.2. The third kappa shape index (κ3) is 5.01. The smallest absolute Gasteiger partial charge is 0.243 e. The molecule has 2 rings (SSSR count).